The van der Waals surface area contributed by atoms with E-state index in [2.05, 4.69) is 38.6 Å². The maximum atomic E-state index is 13.1. The van der Waals surface area contributed by atoms with Gasteiger partial charge >= 0.3 is 6.09 Å². The Bertz CT molecular complexity index is 1470. The van der Waals surface area contributed by atoms with Crippen LogP contribution in [0.4, 0.5) is 4.79 Å². The molecule has 2 heterocycles. The first kappa shape index (κ1) is 35.1. The van der Waals surface area contributed by atoms with Gasteiger partial charge in [0.25, 0.3) is 5.91 Å². The number of carbonyl (C=O) groups excluding carboxylic acids is 3. The molecule has 2 aliphatic heterocycles. The lowest BCUT2D eigenvalue weighted by Gasteiger charge is -2.32. The van der Waals surface area contributed by atoms with Crippen LogP contribution in [0.1, 0.15) is 67.4 Å². The van der Waals surface area contributed by atoms with Crippen LogP contribution in [0.15, 0.2) is 84.6 Å². The number of piperidine rings is 2. The maximum Gasteiger partial charge on any atom is 0.411 e. The monoisotopic (exact) mass is 653 g/mol. The molecule has 2 N–H and O–H groups in total. The lowest BCUT2D eigenvalue weighted by atomic mass is 9.95. The number of allylic oxidation sites excluding steroid dienone is 5. The van der Waals surface area contributed by atoms with Crippen molar-refractivity contribution in [1.82, 2.24) is 25.3 Å². The Labute approximate surface area is 285 Å². The number of benzene rings is 2. The number of alkyl carbamates (subject to hydrolysis) is 1. The van der Waals surface area contributed by atoms with E-state index in [1.165, 1.54) is 5.56 Å². The summed E-state index contributed by atoms with van der Waals surface area (Å²) in [6, 6.07) is 18.3. The largest absolute Gasteiger partial charge is 0.446 e. The Kier molecular flexibility index (Phi) is 12.6. The van der Waals surface area contributed by atoms with Crippen LogP contribution in [0.5, 0.6) is 0 Å². The number of likely N-dealkylation sites (tertiary alicyclic amines) is 2. The SMILES string of the molecule is CC(C)NC(=O)C1CCN(Cc2ccc(C(=O)N(C)CCN3CCC(OC(=O)NC4=CC=CC=C(c5ccccc5)C4)CC3)cc2)CC1. The van der Waals surface area contributed by atoms with Crippen LogP contribution < -0.4 is 10.6 Å². The predicted molar refractivity (Wildman–Crippen MR) is 190 cm³/mol. The van der Waals surface area contributed by atoms with Crippen LogP contribution >= 0.6 is 0 Å². The molecule has 9 nitrogen and oxygen atoms in total. The van der Waals surface area contributed by atoms with Crippen molar-refractivity contribution in [3.63, 3.8) is 0 Å². The van der Waals surface area contributed by atoms with E-state index in [4.69, 9.17) is 4.74 Å². The third-order valence-electron chi connectivity index (χ3n) is 9.40. The zero-order chi connectivity index (χ0) is 33.9. The highest BCUT2D eigenvalue weighted by molar-refractivity contribution is 5.94. The molecule has 2 aromatic carbocycles. The molecule has 3 amide bonds. The second-order valence-electron chi connectivity index (χ2n) is 13.5. The molecular formula is C39H51N5O4. The van der Waals surface area contributed by atoms with Crippen LogP contribution in [0.2, 0.25) is 0 Å². The van der Waals surface area contributed by atoms with Gasteiger partial charge in [-0.1, -0.05) is 60.7 Å². The predicted octanol–water partition coefficient (Wildman–Crippen LogP) is 5.61. The summed E-state index contributed by atoms with van der Waals surface area (Å²) in [7, 11) is 1.85. The van der Waals surface area contributed by atoms with Crippen molar-refractivity contribution in [3.8, 4) is 0 Å². The second-order valence-corrected chi connectivity index (χ2v) is 13.5. The molecule has 2 fully saturated rings. The summed E-state index contributed by atoms with van der Waals surface area (Å²) in [5.41, 5.74) is 4.95. The molecule has 0 atom stereocenters. The maximum absolute atomic E-state index is 13.1. The second kappa shape index (κ2) is 17.3. The summed E-state index contributed by atoms with van der Waals surface area (Å²) in [6.45, 7) is 9.67. The van der Waals surface area contributed by atoms with Crippen LogP contribution in [0, 0.1) is 5.92 Å². The fourth-order valence-corrected chi connectivity index (χ4v) is 6.55. The molecule has 0 bridgehead atoms. The zero-order valence-corrected chi connectivity index (χ0v) is 28.7. The molecule has 0 unspecified atom stereocenters. The molecule has 9 heteroatoms. The normalized spacial score (nSPS) is 18.1. The molecule has 0 spiro atoms. The van der Waals surface area contributed by atoms with Gasteiger partial charge < -0.3 is 19.9 Å². The summed E-state index contributed by atoms with van der Waals surface area (Å²) in [4.78, 5) is 44.7. The van der Waals surface area contributed by atoms with Crippen molar-refractivity contribution in [1.29, 1.82) is 0 Å². The minimum absolute atomic E-state index is 0.0151. The van der Waals surface area contributed by atoms with E-state index in [0.29, 0.717) is 18.5 Å². The molecule has 0 saturated carbocycles. The van der Waals surface area contributed by atoms with Gasteiger partial charge in [-0.05, 0) is 87.5 Å². The highest BCUT2D eigenvalue weighted by Gasteiger charge is 2.26. The van der Waals surface area contributed by atoms with E-state index in [1.807, 2.05) is 81.6 Å². The molecule has 1 aliphatic carbocycles. The van der Waals surface area contributed by atoms with Gasteiger partial charge in [-0.3, -0.25) is 19.8 Å². The van der Waals surface area contributed by atoms with Crippen LogP contribution in [0.25, 0.3) is 5.57 Å². The summed E-state index contributed by atoms with van der Waals surface area (Å²) in [5, 5.41) is 5.99. The molecule has 3 aliphatic rings. The third-order valence-corrected chi connectivity index (χ3v) is 9.40. The average Bonchev–Trinajstić information content (AvgIpc) is 3.33. The number of likely N-dealkylation sites (N-methyl/N-ethyl adjacent to an activating group) is 1. The summed E-state index contributed by atoms with van der Waals surface area (Å²) < 4.78 is 5.79. The van der Waals surface area contributed by atoms with Crippen molar-refractivity contribution < 1.29 is 19.1 Å². The number of ether oxygens (including phenoxy) is 1. The number of amides is 3. The molecule has 5 rings (SSSR count). The van der Waals surface area contributed by atoms with Gasteiger partial charge in [0.15, 0.2) is 0 Å². The van der Waals surface area contributed by atoms with Crippen LogP contribution in [-0.2, 0) is 16.1 Å². The highest BCUT2D eigenvalue weighted by atomic mass is 16.6. The van der Waals surface area contributed by atoms with Gasteiger partial charge in [-0.25, -0.2) is 4.79 Å². The lowest BCUT2D eigenvalue weighted by molar-refractivity contribution is -0.127. The van der Waals surface area contributed by atoms with Crippen LogP contribution in [-0.4, -0.2) is 91.1 Å². The fraction of sp³-hybridized carbons (Fsp3) is 0.462. The van der Waals surface area contributed by atoms with Gasteiger partial charge in [0, 0.05) is 69.4 Å². The van der Waals surface area contributed by atoms with Crippen LogP contribution in [0.3, 0.4) is 0 Å². The van der Waals surface area contributed by atoms with E-state index in [0.717, 1.165) is 81.8 Å². The third kappa shape index (κ3) is 10.4. The Morgan fingerprint density at radius 1 is 0.875 bits per heavy atom. The van der Waals surface area contributed by atoms with Gasteiger partial charge in [-0.2, -0.15) is 0 Å². The van der Waals surface area contributed by atoms with E-state index in [9.17, 15) is 14.4 Å². The lowest BCUT2D eigenvalue weighted by Crippen LogP contribution is -2.43. The smallest absolute Gasteiger partial charge is 0.411 e. The fourth-order valence-electron chi connectivity index (χ4n) is 6.55. The van der Waals surface area contributed by atoms with Crippen molar-refractivity contribution in [2.45, 2.75) is 64.6 Å². The first-order valence-corrected chi connectivity index (χ1v) is 17.4. The van der Waals surface area contributed by atoms with Gasteiger partial charge in [0.1, 0.15) is 6.10 Å². The molecular weight excluding hydrogens is 602 g/mol. The quantitative estimate of drug-likeness (QED) is 0.328. The van der Waals surface area contributed by atoms with E-state index in [-0.39, 0.29) is 29.9 Å². The Balaban J connectivity index is 0.980. The molecule has 48 heavy (non-hydrogen) atoms. The zero-order valence-electron chi connectivity index (χ0n) is 28.7. The minimum Gasteiger partial charge on any atom is -0.446 e. The number of hydrogen-bond donors (Lipinski definition) is 2. The van der Waals surface area contributed by atoms with Crippen molar-refractivity contribution in [2.24, 2.45) is 5.92 Å². The highest BCUT2D eigenvalue weighted by Crippen LogP contribution is 2.24. The Morgan fingerprint density at radius 2 is 1.54 bits per heavy atom. The summed E-state index contributed by atoms with van der Waals surface area (Å²) >= 11 is 0. The van der Waals surface area contributed by atoms with E-state index >= 15 is 0 Å². The molecule has 0 aromatic heterocycles. The Morgan fingerprint density at radius 3 is 2.23 bits per heavy atom. The number of nitrogens with one attached hydrogen (secondary N) is 2. The molecule has 256 valence electrons. The van der Waals surface area contributed by atoms with Gasteiger partial charge in [0.05, 0.1) is 0 Å². The minimum atomic E-state index is -0.408. The first-order valence-electron chi connectivity index (χ1n) is 17.4. The molecule has 0 radical (unpaired) electrons. The number of carbonyl (C=O) groups is 3. The number of hydrogen-bond acceptors (Lipinski definition) is 6. The summed E-state index contributed by atoms with van der Waals surface area (Å²) in [5.74, 6) is 0.290. The van der Waals surface area contributed by atoms with E-state index < -0.39 is 6.09 Å². The van der Waals surface area contributed by atoms with Crippen molar-refractivity contribution >= 4 is 23.5 Å². The van der Waals surface area contributed by atoms with Crippen molar-refractivity contribution in [3.05, 3.63) is 101 Å². The van der Waals surface area contributed by atoms with Crippen molar-refractivity contribution in [2.75, 3.05) is 46.3 Å². The number of rotatable bonds is 11. The Hall–Kier alpha value is -4.21. The standard InChI is InChI=1S/C39H51N5O4/c1-29(2)40-37(45)32-17-21-44(22-18-32)28-30-13-15-33(16-14-30)38(46)42(3)25-26-43-23-19-36(20-24-43)48-39(47)41-35-12-8-7-11-34(27-35)31-9-5-4-6-10-31/h4-16,29,32,36H,17-28H2,1-3H3,(H,40,45)(H,41,47). The summed E-state index contributed by atoms with van der Waals surface area (Å²) in [6.07, 6.45) is 11.3. The van der Waals surface area contributed by atoms with E-state index in [1.54, 1.807) is 4.90 Å². The first-order chi connectivity index (χ1) is 23.2. The molecule has 2 aromatic rings. The molecule has 2 saturated heterocycles. The topological polar surface area (TPSA) is 94.2 Å². The number of nitrogens with zero attached hydrogens (tertiary/aromatic N) is 3. The average molecular weight is 654 g/mol. The van der Waals surface area contributed by atoms with Gasteiger partial charge in [-0.15, -0.1) is 0 Å². The van der Waals surface area contributed by atoms with Gasteiger partial charge in [0.2, 0.25) is 5.91 Å².